The van der Waals surface area contributed by atoms with Crippen LogP contribution in [0.3, 0.4) is 0 Å². The van der Waals surface area contributed by atoms with Gasteiger partial charge in [-0.25, -0.2) is 0 Å². The Morgan fingerprint density at radius 3 is 1.15 bits per heavy atom. The minimum absolute atomic E-state index is 0.00486. The molecule has 5 rings (SSSR count). The summed E-state index contributed by atoms with van der Waals surface area (Å²) >= 11 is 0. The summed E-state index contributed by atoms with van der Waals surface area (Å²) in [6.07, 6.45) is 3.30. The van der Waals surface area contributed by atoms with Gasteiger partial charge in [-0.3, -0.25) is 14.4 Å². The molecule has 244 valence electrons. The van der Waals surface area contributed by atoms with Gasteiger partial charge < -0.3 is 35.3 Å². The lowest BCUT2D eigenvalue weighted by Crippen LogP contribution is -2.04. The van der Waals surface area contributed by atoms with Gasteiger partial charge in [-0.05, 0) is 98.4 Å². The third-order valence-corrected chi connectivity index (χ3v) is 9.75. The Hall–Kier alpha value is -4.73. The highest BCUT2D eigenvalue weighted by Crippen LogP contribution is 2.34. The predicted molar refractivity (Wildman–Crippen MR) is 176 cm³/mol. The Labute approximate surface area is 268 Å². The molecule has 0 amide bonds. The maximum atomic E-state index is 11.6. The molecule has 0 unspecified atom stereocenters. The highest BCUT2D eigenvalue weighted by molar-refractivity contribution is 5.70. The maximum Gasteiger partial charge on any atom is 0.303 e. The number of hydrogen-bond acceptors (Lipinski definition) is 3. The summed E-state index contributed by atoms with van der Waals surface area (Å²) in [5.74, 6) is -2.59. The third-order valence-electron chi connectivity index (χ3n) is 9.75. The minimum Gasteiger partial charge on any atom is -0.481 e. The van der Waals surface area contributed by atoms with Crippen LogP contribution in [-0.4, -0.2) is 53.2 Å². The molecule has 8 bridgehead atoms. The lowest BCUT2D eigenvalue weighted by molar-refractivity contribution is -0.138. The van der Waals surface area contributed by atoms with Crippen molar-refractivity contribution in [2.75, 3.05) is 0 Å². The molecule has 0 aromatic carbocycles. The van der Waals surface area contributed by atoms with E-state index in [1.54, 1.807) is 0 Å². The van der Waals surface area contributed by atoms with Gasteiger partial charge in [0.1, 0.15) is 0 Å². The lowest BCUT2D eigenvalue weighted by Gasteiger charge is -2.07. The van der Waals surface area contributed by atoms with Gasteiger partial charge in [-0.1, -0.05) is 6.58 Å². The Morgan fingerprint density at radius 2 is 0.804 bits per heavy atom. The van der Waals surface area contributed by atoms with E-state index in [2.05, 4.69) is 33.4 Å². The van der Waals surface area contributed by atoms with E-state index < -0.39 is 17.9 Å². The van der Waals surface area contributed by atoms with Crippen LogP contribution in [-0.2, 0) is 59.3 Å². The van der Waals surface area contributed by atoms with Crippen molar-refractivity contribution in [2.45, 2.75) is 98.8 Å². The van der Waals surface area contributed by atoms with Crippen LogP contribution in [0.25, 0.3) is 5.57 Å². The summed E-state index contributed by atoms with van der Waals surface area (Å²) in [5, 5.41) is 28.6. The molecule has 0 saturated heterocycles. The number of allylic oxidation sites excluding steroid dienone is 1. The first kappa shape index (κ1) is 32.7. The largest absolute Gasteiger partial charge is 0.481 e. The quantitative estimate of drug-likeness (QED) is 0.0999. The number of rotatable bonds is 10. The zero-order valence-corrected chi connectivity index (χ0v) is 27.3. The van der Waals surface area contributed by atoms with E-state index >= 15 is 0 Å². The smallest absolute Gasteiger partial charge is 0.303 e. The van der Waals surface area contributed by atoms with Gasteiger partial charge in [-0.15, -0.1) is 0 Å². The average molecular weight is 629 g/mol. The standard InChI is InChI=1S/C36H44N4O6/c1-17(2)36-21(6)28-13-25-18(3)23(8-11-34(43)44)30(37-25)16-31-24(9-12-35(45)46)19(4)26(38-31)14-29-22(7-10-33(41)42)20(5)27(39-29)15-32(36)40-28/h37-40H,1,7-16H2,2-6H3,(H,41,42)(H,43,44)(H,45,46). The molecule has 1 aliphatic rings. The molecular formula is C36H44N4O6. The average Bonchev–Trinajstić information content (AvgIpc) is 3.63. The van der Waals surface area contributed by atoms with Crippen molar-refractivity contribution in [3.05, 3.63) is 96.6 Å². The van der Waals surface area contributed by atoms with Crippen LogP contribution in [0.5, 0.6) is 0 Å². The Balaban J connectivity index is 1.73. The first-order valence-corrected chi connectivity index (χ1v) is 15.8. The van der Waals surface area contributed by atoms with Crippen molar-refractivity contribution < 1.29 is 29.7 Å². The normalized spacial score (nSPS) is 12.8. The third kappa shape index (κ3) is 6.47. The summed E-state index contributed by atoms with van der Waals surface area (Å²) in [7, 11) is 0. The van der Waals surface area contributed by atoms with Gasteiger partial charge in [0.05, 0.1) is 0 Å². The molecule has 0 aliphatic carbocycles. The minimum atomic E-state index is -0.873. The fraction of sp³-hybridized carbons (Fsp3) is 0.417. The Bertz CT molecular complexity index is 1860. The molecule has 5 heterocycles. The van der Waals surface area contributed by atoms with Crippen LogP contribution < -0.4 is 0 Å². The van der Waals surface area contributed by atoms with E-state index in [0.29, 0.717) is 44.9 Å². The highest BCUT2D eigenvalue weighted by Gasteiger charge is 2.25. The Kier molecular flexibility index (Phi) is 9.19. The van der Waals surface area contributed by atoms with Gasteiger partial charge in [0.25, 0.3) is 0 Å². The fourth-order valence-electron chi connectivity index (χ4n) is 7.28. The predicted octanol–water partition coefficient (Wildman–Crippen LogP) is 5.99. The monoisotopic (exact) mass is 628 g/mol. The van der Waals surface area contributed by atoms with E-state index in [4.69, 9.17) is 0 Å². The van der Waals surface area contributed by atoms with E-state index in [-0.39, 0.29) is 19.3 Å². The summed E-state index contributed by atoms with van der Waals surface area (Å²) in [5.41, 5.74) is 17.0. The zero-order valence-electron chi connectivity index (χ0n) is 27.3. The number of carboxylic acid groups (broad SMARTS) is 3. The fourth-order valence-corrected chi connectivity index (χ4v) is 7.28. The molecule has 7 N–H and O–H groups in total. The maximum absolute atomic E-state index is 11.6. The van der Waals surface area contributed by atoms with Gasteiger partial charge in [0, 0.05) is 96.1 Å². The molecular weight excluding hydrogens is 584 g/mol. The van der Waals surface area contributed by atoms with Crippen LogP contribution in [0.1, 0.15) is 116 Å². The first-order valence-electron chi connectivity index (χ1n) is 15.8. The van der Waals surface area contributed by atoms with Crippen LogP contribution in [0.15, 0.2) is 6.58 Å². The summed E-state index contributed by atoms with van der Waals surface area (Å²) in [4.78, 5) is 49.5. The molecule has 10 nitrogen and oxygen atoms in total. The first-order chi connectivity index (χ1) is 21.7. The number of fused-ring (bicyclic) bond motifs is 8. The topological polar surface area (TPSA) is 175 Å². The van der Waals surface area contributed by atoms with Crippen molar-refractivity contribution >= 4 is 23.5 Å². The molecule has 46 heavy (non-hydrogen) atoms. The van der Waals surface area contributed by atoms with E-state index in [9.17, 15) is 29.7 Å². The number of aromatic nitrogens is 4. The van der Waals surface area contributed by atoms with Crippen molar-refractivity contribution in [1.82, 2.24) is 19.9 Å². The number of carboxylic acids is 3. The highest BCUT2D eigenvalue weighted by atomic mass is 16.4. The van der Waals surface area contributed by atoms with Crippen molar-refractivity contribution in [1.29, 1.82) is 0 Å². The molecule has 4 aromatic heterocycles. The molecule has 0 saturated carbocycles. The Morgan fingerprint density at radius 1 is 0.522 bits per heavy atom. The number of aliphatic carboxylic acids is 3. The summed E-state index contributed by atoms with van der Waals surface area (Å²) in [6, 6.07) is 0. The van der Waals surface area contributed by atoms with E-state index in [1.165, 1.54) is 0 Å². The van der Waals surface area contributed by atoms with Gasteiger partial charge in [-0.2, -0.15) is 0 Å². The second-order valence-electron chi connectivity index (χ2n) is 12.8. The molecule has 0 fully saturated rings. The van der Waals surface area contributed by atoms with Crippen LogP contribution in [0.4, 0.5) is 0 Å². The summed E-state index contributed by atoms with van der Waals surface area (Å²) in [6.45, 7) is 14.5. The SMILES string of the molecule is C=C(C)c1c2[nH]c(c1C)Cc1[nH]c(c(CCC(=O)O)c1C)Cc1[nH]c(c(C)c1CCC(=O)O)Cc1[nH]c(c(C)c1CCC(=O)O)C2. The van der Waals surface area contributed by atoms with E-state index in [1.807, 2.05) is 27.7 Å². The second kappa shape index (κ2) is 12.9. The second-order valence-corrected chi connectivity index (χ2v) is 12.8. The van der Waals surface area contributed by atoms with Gasteiger partial charge in [0.15, 0.2) is 0 Å². The molecule has 0 atom stereocenters. The number of H-pyrrole nitrogens is 4. The van der Waals surface area contributed by atoms with Crippen LogP contribution in [0, 0.1) is 27.7 Å². The number of carbonyl (C=O) groups is 3. The molecule has 10 heteroatoms. The van der Waals surface area contributed by atoms with E-state index in [0.717, 1.165) is 95.6 Å². The van der Waals surface area contributed by atoms with Crippen LogP contribution in [0.2, 0.25) is 0 Å². The van der Waals surface area contributed by atoms with Crippen molar-refractivity contribution in [2.24, 2.45) is 0 Å². The van der Waals surface area contributed by atoms with Crippen molar-refractivity contribution in [3.8, 4) is 0 Å². The van der Waals surface area contributed by atoms with Crippen LogP contribution >= 0.6 is 0 Å². The lowest BCUT2D eigenvalue weighted by atomic mass is 9.96. The number of nitrogens with one attached hydrogen (secondary N) is 4. The van der Waals surface area contributed by atoms with Gasteiger partial charge in [0.2, 0.25) is 0 Å². The summed E-state index contributed by atoms with van der Waals surface area (Å²) < 4.78 is 0. The molecule has 1 aliphatic heterocycles. The van der Waals surface area contributed by atoms with Gasteiger partial charge >= 0.3 is 17.9 Å². The number of aromatic amines is 4. The molecule has 0 radical (unpaired) electrons. The zero-order chi connectivity index (χ0) is 33.4. The molecule has 4 aromatic rings. The molecule has 0 spiro atoms. The van der Waals surface area contributed by atoms with Crippen molar-refractivity contribution in [3.63, 3.8) is 0 Å². The number of hydrogen-bond donors (Lipinski definition) is 7.